The molecule has 0 radical (unpaired) electrons. The van der Waals surface area contributed by atoms with Crippen LogP contribution in [0.15, 0.2) is 12.7 Å². The Morgan fingerprint density at radius 3 is 2.24 bits per heavy atom. The zero-order valence-electron chi connectivity index (χ0n) is 38.7. The molecule has 0 aromatic carbocycles. The number of ketones is 1. The highest BCUT2D eigenvalue weighted by Gasteiger charge is 2.47. The van der Waals surface area contributed by atoms with Crippen LogP contribution in [-0.4, -0.2) is 154 Å². The number of hydrogen-bond acceptors (Lipinski definition) is 23. The van der Waals surface area contributed by atoms with Gasteiger partial charge in [-0.25, -0.2) is 19.3 Å². The smallest absolute Gasteiger partial charge is 0.274 e. The maximum Gasteiger partial charge on any atom is 0.274 e. The van der Waals surface area contributed by atoms with Gasteiger partial charge in [-0.2, -0.15) is 11.8 Å². The number of carbonyl (C=O) groups is 4. The Balaban J connectivity index is 1.33. The van der Waals surface area contributed by atoms with Crippen molar-refractivity contribution >= 4 is 75.7 Å². The highest BCUT2D eigenvalue weighted by atomic mass is 32.2. The van der Waals surface area contributed by atoms with Crippen LogP contribution in [0.2, 0.25) is 0 Å². The van der Waals surface area contributed by atoms with Gasteiger partial charge in [-0.3, -0.25) is 32.9 Å². The summed E-state index contributed by atoms with van der Waals surface area (Å²) in [5.74, 6) is -0.851. The van der Waals surface area contributed by atoms with Gasteiger partial charge in [0.2, 0.25) is 17.7 Å². The number of Topliss-reactive ketones (excluding diaryl/α,β-unsaturated/α-hetero) is 1. The number of amides is 3. The van der Waals surface area contributed by atoms with Crippen LogP contribution in [0.25, 0.3) is 11.2 Å². The lowest BCUT2D eigenvalue weighted by Gasteiger charge is -2.36. The fourth-order valence-electron chi connectivity index (χ4n) is 6.67. The molecule has 2 aromatic heterocycles. The van der Waals surface area contributed by atoms with Crippen LogP contribution in [-0.2, 0) is 55.5 Å². The van der Waals surface area contributed by atoms with Crippen LogP contribution in [0.1, 0.15) is 71.9 Å². The lowest BCUT2D eigenvalue weighted by atomic mass is 9.87. The van der Waals surface area contributed by atoms with E-state index >= 15 is 0 Å². The summed E-state index contributed by atoms with van der Waals surface area (Å²) in [7, 11) is -11.2. The Morgan fingerprint density at radius 1 is 0.941 bits per heavy atom. The number of nitrogens with two attached hydrogens (primary N) is 1. The number of aromatic nitrogens is 4. The van der Waals surface area contributed by atoms with E-state index in [9.17, 15) is 62.7 Å². The molecule has 8 unspecified atom stereocenters. The number of unbranched alkanes of at least 4 members (excludes halogenated alkanes) is 2. The number of rotatable bonds is 32. The average molecular weight is 1050 g/mol. The highest BCUT2D eigenvalue weighted by molar-refractivity contribution is 7.99. The minimum Gasteiger partial charge on any atom is -0.790 e. The van der Waals surface area contributed by atoms with Gasteiger partial charge in [-0.15, -0.1) is 0 Å². The molecule has 7 N–H and O–H groups in total. The van der Waals surface area contributed by atoms with Crippen molar-refractivity contribution < 1.29 is 89.8 Å². The molecule has 0 bridgehead atoms. The van der Waals surface area contributed by atoms with E-state index in [0.29, 0.717) is 12.3 Å². The summed E-state index contributed by atoms with van der Waals surface area (Å²) >= 11 is 1.31. The maximum absolute atomic E-state index is 12.6. The first-order valence-electron chi connectivity index (χ1n) is 21.5. The molecule has 8 atom stereocenters. The standard InChI is InChI=1S/C37H66N9O18P3S/c1-24(47)25(12-8-10-17-46(4,5)6)11-7-9-14-39-28(49)20-68-18-16-40-27(48)13-15-41-35(52)32(51)37(2,3)21-61-67(58,59)64-66(56,57)60-19-26-31(63-65(53,54)55)30(50)36(62-26)45-23-44-29-33(38)42-22-43-34(29)45/h22-23,25-26,30-32,36,50-51H,7-21H2,1-6H3,(H8-,38,39,40,41,42,43,48,49,52,53,54,55,56,57,58,59)/p-3. The van der Waals surface area contributed by atoms with Crippen LogP contribution in [0.5, 0.6) is 0 Å². The molecule has 1 aliphatic rings. The third kappa shape index (κ3) is 20.8. The molecule has 3 rings (SSSR count). The number of nitrogens with one attached hydrogen (secondary N) is 3. The summed E-state index contributed by atoms with van der Waals surface area (Å²) in [5.41, 5.74) is 4.06. The SMILES string of the molecule is CC(=O)C(CCCCNC(=O)CSCCNC(=O)CCNC(=O)C(O)C(C)(C)COP(=O)([O-])OP(=O)([O-])OCC1OC(n2cnc3c(N)ncnc32)C(O)C1OP(=O)([O-])[O-])CCCC[N+](C)(C)C. The third-order valence-corrected chi connectivity index (χ3v) is 14.3. The molecule has 2 aromatic rings. The summed E-state index contributed by atoms with van der Waals surface area (Å²) < 4.78 is 61.7. The predicted molar refractivity (Wildman–Crippen MR) is 236 cm³/mol. The second-order valence-electron chi connectivity index (χ2n) is 17.7. The Kier molecular flexibility index (Phi) is 23.1. The molecule has 1 aliphatic heterocycles. The fraction of sp³-hybridized carbons (Fsp3) is 0.757. The first-order chi connectivity index (χ1) is 31.5. The van der Waals surface area contributed by atoms with Gasteiger partial charge in [0.05, 0.1) is 60.8 Å². The van der Waals surface area contributed by atoms with Crippen molar-refractivity contribution in [1.82, 2.24) is 35.5 Å². The molecule has 1 saturated heterocycles. The first-order valence-corrected chi connectivity index (χ1v) is 27.0. The summed E-state index contributed by atoms with van der Waals surface area (Å²) in [5, 5.41) is 29.3. The van der Waals surface area contributed by atoms with Gasteiger partial charge in [0.1, 0.15) is 42.0 Å². The molecule has 1 fully saturated rings. The minimum atomic E-state index is -5.93. The molecular weight excluding hydrogens is 983 g/mol. The molecule has 0 spiro atoms. The van der Waals surface area contributed by atoms with Crippen LogP contribution < -0.4 is 41.3 Å². The number of phosphoric acid groups is 3. The van der Waals surface area contributed by atoms with E-state index in [0.717, 1.165) is 66.8 Å². The Hall–Kier alpha value is -3.01. The van der Waals surface area contributed by atoms with Crippen LogP contribution in [0.3, 0.4) is 0 Å². The Labute approximate surface area is 398 Å². The normalized spacial score (nSPS) is 20.6. The van der Waals surface area contributed by atoms with Crippen LogP contribution in [0.4, 0.5) is 5.82 Å². The van der Waals surface area contributed by atoms with Crippen molar-refractivity contribution in [3.05, 3.63) is 12.7 Å². The van der Waals surface area contributed by atoms with Crippen molar-refractivity contribution in [2.45, 2.75) is 96.4 Å². The first kappa shape index (κ1) is 59.3. The molecular formula is C37H63N9O18P3S-3. The number of ether oxygens (including phenoxy) is 1. The second kappa shape index (κ2) is 26.4. The van der Waals surface area contributed by atoms with Crippen molar-refractivity contribution in [3.63, 3.8) is 0 Å². The number of imidazole rings is 1. The summed E-state index contributed by atoms with van der Waals surface area (Å²) in [4.78, 5) is 109. The number of nitrogen functional groups attached to an aromatic ring is 1. The van der Waals surface area contributed by atoms with Crippen molar-refractivity contribution in [1.29, 1.82) is 0 Å². The largest absolute Gasteiger partial charge is 0.790 e. The van der Waals surface area contributed by atoms with Crippen LogP contribution >= 0.6 is 35.2 Å². The topological polar surface area (TPSA) is 404 Å². The summed E-state index contributed by atoms with van der Waals surface area (Å²) in [6.45, 7) is 3.30. The zero-order chi connectivity index (χ0) is 51.1. The zero-order valence-corrected chi connectivity index (χ0v) is 42.2. The van der Waals surface area contributed by atoms with E-state index in [-0.39, 0.29) is 59.9 Å². The maximum atomic E-state index is 12.6. The van der Waals surface area contributed by atoms with Gasteiger partial charge in [-0.1, -0.05) is 20.3 Å². The summed E-state index contributed by atoms with van der Waals surface area (Å²) in [6, 6.07) is 0. The molecule has 3 heterocycles. The lowest BCUT2D eigenvalue weighted by Crippen LogP contribution is -2.46. The number of thioether (sulfide) groups is 1. The van der Waals surface area contributed by atoms with E-state index < -0.39 is 84.6 Å². The number of carbonyl (C=O) groups excluding carboxylic acids is 4. The van der Waals surface area contributed by atoms with Gasteiger partial charge in [-0.05, 0) is 39.0 Å². The Bertz CT molecular complexity index is 2140. The van der Waals surface area contributed by atoms with E-state index in [1.807, 2.05) is 0 Å². The number of hydrogen-bond donors (Lipinski definition) is 6. The molecule has 27 nitrogen and oxygen atoms in total. The van der Waals surface area contributed by atoms with E-state index in [1.54, 1.807) is 6.92 Å². The van der Waals surface area contributed by atoms with Gasteiger partial charge >= 0.3 is 0 Å². The highest BCUT2D eigenvalue weighted by Crippen LogP contribution is 2.56. The molecule has 31 heteroatoms. The van der Waals surface area contributed by atoms with Crippen LogP contribution in [0, 0.1) is 11.3 Å². The predicted octanol–water partition coefficient (Wildman–Crippen LogP) is -2.02. The van der Waals surface area contributed by atoms with E-state index in [1.165, 1.54) is 25.6 Å². The second-order valence-corrected chi connectivity index (χ2v) is 22.9. The fourth-order valence-corrected chi connectivity index (χ4v) is 10.1. The average Bonchev–Trinajstić information content (AvgIpc) is 3.78. The monoisotopic (exact) mass is 1050 g/mol. The van der Waals surface area contributed by atoms with Crippen molar-refractivity contribution in [2.24, 2.45) is 11.3 Å². The van der Waals surface area contributed by atoms with E-state index in [2.05, 4.69) is 69.9 Å². The molecule has 388 valence electrons. The lowest BCUT2D eigenvalue weighted by molar-refractivity contribution is -0.870. The number of fused-ring (bicyclic) bond motifs is 1. The minimum absolute atomic E-state index is 0.0247. The number of quaternary nitrogens is 1. The summed E-state index contributed by atoms with van der Waals surface area (Å²) in [6.07, 6.45) is -2.30. The number of nitrogens with zero attached hydrogens (tertiary/aromatic N) is 5. The molecule has 0 aliphatic carbocycles. The molecule has 0 saturated carbocycles. The van der Waals surface area contributed by atoms with Gasteiger partial charge < -0.3 is 78.8 Å². The van der Waals surface area contributed by atoms with E-state index in [4.69, 9.17) is 10.5 Å². The number of phosphoric ester groups is 3. The van der Waals surface area contributed by atoms with Gasteiger partial charge in [0.15, 0.2) is 17.7 Å². The number of anilines is 1. The number of aliphatic hydroxyl groups is 2. The van der Waals surface area contributed by atoms with Gasteiger partial charge in [0, 0.05) is 43.1 Å². The molecule has 68 heavy (non-hydrogen) atoms. The van der Waals surface area contributed by atoms with Crippen molar-refractivity contribution in [2.75, 3.05) is 77.8 Å². The van der Waals surface area contributed by atoms with Gasteiger partial charge in [0.25, 0.3) is 15.6 Å². The van der Waals surface area contributed by atoms with Crippen molar-refractivity contribution in [3.8, 4) is 0 Å². The molecule has 3 amide bonds. The quantitative estimate of drug-likeness (QED) is 0.0262. The Morgan fingerprint density at radius 2 is 1.59 bits per heavy atom. The third-order valence-electron chi connectivity index (χ3n) is 10.4. The number of aliphatic hydroxyl groups excluding tert-OH is 2.